The maximum Gasteiger partial charge on any atom is 0.267 e. The molecule has 3 N–H and O–H groups in total. The quantitative estimate of drug-likeness (QED) is 0.448. The number of rotatable bonds is 4. The van der Waals surface area contributed by atoms with Crippen LogP contribution in [0, 0.1) is 13.8 Å². The van der Waals surface area contributed by atoms with Crippen LogP contribution in [0.25, 0.3) is 10.2 Å². The van der Waals surface area contributed by atoms with Crippen molar-refractivity contribution in [2.24, 2.45) is 0 Å². The van der Waals surface area contributed by atoms with Crippen molar-refractivity contribution in [2.75, 3.05) is 10.6 Å². The van der Waals surface area contributed by atoms with Crippen LogP contribution in [-0.4, -0.2) is 21.0 Å². The lowest BCUT2D eigenvalue weighted by Crippen LogP contribution is -2.12. The van der Waals surface area contributed by atoms with Gasteiger partial charge in [-0.05, 0) is 37.6 Å². The highest BCUT2D eigenvalue weighted by Gasteiger charge is 2.15. The smallest absolute Gasteiger partial charge is 0.267 e. The van der Waals surface area contributed by atoms with Gasteiger partial charge in [0.25, 0.3) is 5.91 Å². The predicted molar refractivity (Wildman–Crippen MR) is 111 cm³/mol. The van der Waals surface area contributed by atoms with Gasteiger partial charge in [0.05, 0.1) is 33.3 Å². The van der Waals surface area contributed by atoms with Gasteiger partial charge in [0, 0.05) is 5.56 Å². The number of aryl methyl sites for hydroxylation is 1. The first kappa shape index (κ1) is 17.4. The molecule has 0 spiro atoms. The number of anilines is 3. The van der Waals surface area contributed by atoms with Gasteiger partial charge in [0.15, 0.2) is 5.13 Å². The van der Waals surface area contributed by atoms with Crippen LogP contribution in [0.3, 0.4) is 0 Å². The highest BCUT2D eigenvalue weighted by molar-refractivity contribution is 7.18. The van der Waals surface area contributed by atoms with Crippen molar-refractivity contribution >= 4 is 55.3 Å². The summed E-state index contributed by atoms with van der Waals surface area (Å²) in [5.41, 5.74) is 5.79. The molecule has 1 amide bonds. The van der Waals surface area contributed by atoms with E-state index >= 15 is 0 Å². The van der Waals surface area contributed by atoms with E-state index in [-0.39, 0.29) is 11.7 Å². The molecule has 0 aliphatic carbocycles. The lowest BCUT2D eigenvalue weighted by molar-refractivity contribution is 0.103. The van der Waals surface area contributed by atoms with E-state index in [4.69, 9.17) is 0 Å². The van der Waals surface area contributed by atoms with E-state index < -0.39 is 0 Å². The summed E-state index contributed by atoms with van der Waals surface area (Å²) in [6.45, 7) is 3.66. The minimum absolute atomic E-state index is 0.153. The van der Waals surface area contributed by atoms with Crippen molar-refractivity contribution in [3.63, 3.8) is 0 Å². The van der Waals surface area contributed by atoms with Gasteiger partial charge in [0.2, 0.25) is 0 Å². The molecule has 0 aliphatic heterocycles. The van der Waals surface area contributed by atoms with Crippen molar-refractivity contribution < 1.29 is 9.90 Å². The highest BCUT2D eigenvalue weighted by Crippen LogP contribution is 2.32. The number of carbonyl (C=O) groups is 1. The number of phenols is 1. The molecule has 0 aliphatic rings. The molecule has 4 rings (SSSR count). The zero-order valence-electron chi connectivity index (χ0n) is 14.6. The molecule has 2 aromatic carbocycles. The fraction of sp³-hybridized carbons (Fsp3) is 0.105. The van der Waals surface area contributed by atoms with Crippen LogP contribution in [0.2, 0.25) is 0 Å². The van der Waals surface area contributed by atoms with Gasteiger partial charge in [-0.25, -0.2) is 9.97 Å². The van der Waals surface area contributed by atoms with Gasteiger partial charge in [-0.2, -0.15) is 0 Å². The first-order valence-electron chi connectivity index (χ1n) is 8.18. The molecule has 0 saturated carbocycles. The fourth-order valence-corrected chi connectivity index (χ4v) is 4.22. The second-order valence-corrected chi connectivity index (χ2v) is 7.90. The van der Waals surface area contributed by atoms with Crippen LogP contribution in [0.15, 0.2) is 42.0 Å². The van der Waals surface area contributed by atoms with E-state index in [1.165, 1.54) is 11.3 Å². The highest BCUT2D eigenvalue weighted by atomic mass is 32.1. The van der Waals surface area contributed by atoms with Gasteiger partial charge in [-0.15, -0.1) is 11.3 Å². The van der Waals surface area contributed by atoms with E-state index in [2.05, 4.69) is 20.6 Å². The van der Waals surface area contributed by atoms with E-state index in [9.17, 15) is 9.90 Å². The third-order valence-corrected chi connectivity index (χ3v) is 6.00. The Morgan fingerprint density at radius 3 is 2.85 bits per heavy atom. The van der Waals surface area contributed by atoms with Crippen LogP contribution in [-0.2, 0) is 0 Å². The number of hydrogen-bond donors (Lipinski definition) is 3. The lowest BCUT2D eigenvalue weighted by atomic mass is 10.1. The average molecular weight is 396 g/mol. The van der Waals surface area contributed by atoms with Crippen LogP contribution < -0.4 is 10.6 Å². The molecular weight excluding hydrogens is 380 g/mol. The summed E-state index contributed by atoms with van der Waals surface area (Å²) >= 11 is 2.82. The number of benzene rings is 2. The van der Waals surface area contributed by atoms with Crippen molar-refractivity contribution in [1.29, 1.82) is 0 Å². The number of hydrogen-bond acceptors (Lipinski definition) is 7. The van der Waals surface area contributed by atoms with Crippen LogP contribution in [0.1, 0.15) is 20.8 Å². The van der Waals surface area contributed by atoms with Crippen molar-refractivity contribution in [2.45, 2.75) is 13.8 Å². The Bertz CT molecular complexity index is 1150. The minimum Gasteiger partial charge on any atom is -0.508 e. The molecule has 0 bridgehead atoms. The van der Waals surface area contributed by atoms with Gasteiger partial charge in [-0.3, -0.25) is 4.79 Å². The molecular formula is C19H16N4O2S2. The van der Waals surface area contributed by atoms with Gasteiger partial charge in [0.1, 0.15) is 10.6 Å². The minimum atomic E-state index is -0.256. The number of carbonyl (C=O) groups excluding carboxylic acids is 1. The Kier molecular flexibility index (Phi) is 4.51. The number of thiazole rings is 2. The standard InChI is InChI=1S/C19H16N4O2S2/c1-10-6-7-14(24)11(2)16(10)23-18(25)15-8-20-19(27-15)22-13-5-3-4-12-17(13)26-9-21-12/h3-9,24H,1-2H3,(H,20,22)(H,23,25). The molecule has 0 atom stereocenters. The third-order valence-electron chi connectivity index (χ3n) is 4.21. The number of nitrogens with zero attached hydrogens (tertiary/aromatic N) is 2. The summed E-state index contributed by atoms with van der Waals surface area (Å²) in [5.74, 6) is -0.103. The summed E-state index contributed by atoms with van der Waals surface area (Å²) in [5, 5.41) is 16.6. The molecule has 2 aromatic heterocycles. The van der Waals surface area contributed by atoms with Crippen molar-refractivity contribution in [3.05, 3.63) is 58.0 Å². The number of phenolic OH excluding ortho intramolecular Hbond substituents is 1. The van der Waals surface area contributed by atoms with Crippen LogP contribution >= 0.6 is 22.7 Å². The van der Waals surface area contributed by atoms with Crippen LogP contribution in [0.5, 0.6) is 5.75 Å². The van der Waals surface area contributed by atoms with Gasteiger partial charge < -0.3 is 15.7 Å². The number of aromatic nitrogens is 2. The summed E-state index contributed by atoms with van der Waals surface area (Å²) in [7, 11) is 0. The number of amides is 1. The number of fused-ring (bicyclic) bond motifs is 1. The van der Waals surface area contributed by atoms with E-state index in [1.54, 1.807) is 42.1 Å². The molecule has 6 nitrogen and oxygen atoms in total. The Morgan fingerprint density at radius 2 is 2.00 bits per heavy atom. The Labute approximate surface area is 163 Å². The van der Waals surface area contributed by atoms with Crippen LogP contribution in [0.4, 0.5) is 16.5 Å². The van der Waals surface area contributed by atoms with E-state index in [0.717, 1.165) is 21.5 Å². The maximum atomic E-state index is 12.6. The molecule has 0 unspecified atom stereocenters. The zero-order valence-corrected chi connectivity index (χ0v) is 16.2. The summed E-state index contributed by atoms with van der Waals surface area (Å²) in [6.07, 6.45) is 1.54. The first-order chi connectivity index (χ1) is 13.0. The molecule has 8 heteroatoms. The van der Waals surface area contributed by atoms with Gasteiger partial charge >= 0.3 is 0 Å². The van der Waals surface area contributed by atoms with E-state index in [0.29, 0.717) is 21.3 Å². The van der Waals surface area contributed by atoms with Crippen molar-refractivity contribution in [1.82, 2.24) is 9.97 Å². The monoisotopic (exact) mass is 396 g/mol. The summed E-state index contributed by atoms with van der Waals surface area (Å²) in [6, 6.07) is 9.24. The maximum absolute atomic E-state index is 12.6. The normalized spacial score (nSPS) is 10.9. The largest absolute Gasteiger partial charge is 0.508 e. The third kappa shape index (κ3) is 3.36. The zero-order chi connectivity index (χ0) is 19.0. The SMILES string of the molecule is Cc1ccc(O)c(C)c1NC(=O)c1cnc(Nc2cccc3ncsc23)s1. The first-order valence-corrected chi connectivity index (χ1v) is 9.88. The molecule has 2 heterocycles. The van der Waals surface area contributed by atoms with Gasteiger partial charge in [-0.1, -0.05) is 23.5 Å². The predicted octanol–water partition coefficient (Wildman–Crippen LogP) is 5.07. The molecule has 0 fully saturated rings. The molecule has 27 heavy (non-hydrogen) atoms. The molecule has 0 saturated heterocycles. The second kappa shape index (κ2) is 6.98. The Morgan fingerprint density at radius 1 is 1.15 bits per heavy atom. The Balaban J connectivity index is 1.55. The Hall–Kier alpha value is -2.97. The number of aromatic hydroxyl groups is 1. The molecule has 136 valence electrons. The molecule has 4 aromatic rings. The summed E-state index contributed by atoms with van der Waals surface area (Å²) in [4.78, 5) is 21.7. The topological polar surface area (TPSA) is 87.1 Å². The lowest BCUT2D eigenvalue weighted by Gasteiger charge is -2.11. The molecule has 0 radical (unpaired) electrons. The average Bonchev–Trinajstić information content (AvgIpc) is 3.32. The van der Waals surface area contributed by atoms with Crippen molar-refractivity contribution in [3.8, 4) is 5.75 Å². The summed E-state index contributed by atoms with van der Waals surface area (Å²) < 4.78 is 1.05. The second-order valence-electron chi connectivity index (χ2n) is 6.02. The van der Waals surface area contributed by atoms with E-state index in [1.807, 2.05) is 25.1 Å². The fourth-order valence-electron chi connectivity index (χ4n) is 2.74. The number of nitrogens with one attached hydrogen (secondary N) is 2.